The maximum Gasteiger partial charge on any atom is 0.240 e. The summed E-state index contributed by atoms with van der Waals surface area (Å²) < 4.78 is 31.0. The molecule has 6 heteroatoms. The van der Waals surface area contributed by atoms with Gasteiger partial charge in [-0.05, 0) is 19.1 Å². The molecule has 0 aromatic heterocycles. The van der Waals surface area contributed by atoms with E-state index in [9.17, 15) is 8.42 Å². The Balaban J connectivity index is 3.12. The Kier molecular flexibility index (Phi) is 4.58. The summed E-state index contributed by atoms with van der Waals surface area (Å²) in [5.41, 5.74) is 0. The highest BCUT2D eigenvalue weighted by molar-refractivity contribution is 7.89. The highest BCUT2D eigenvalue weighted by atomic mass is 35.5. The molecule has 0 amide bonds. The van der Waals surface area contributed by atoms with E-state index in [2.05, 4.69) is 4.72 Å². The van der Waals surface area contributed by atoms with Gasteiger partial charge < -0.3 is 4.74 Å². The maximum atomic E-state index is 11.7. The summed E-state index contributed by atoms with van der Waals surface area (Å²) in [6, 6.07) is 4.38. The Bertz CT molecular complexity index is 459. The van der Waals surface area contributed by atoms with Crippen LogP contribution >= 0.6 is 11.6 Å². The topological polar surface area (TPSA) is 55.4 Å². The van der Waals surface area contributed by atoms with Crippen molar-refractivity contribution in [3.63, 3.8) is 0 Å². The summed E-state index contributed by atoms with van der Waals surface area (Å²) in [5.74, 6) is 0.378. The predicted octanol–water partition coefficient (Wildman–Crippen LogP) is 2.04. The first-order chi connectivity index (χ1) is 7.51. The van der Waals surface area contributed by atoms with Gasteiger partial charge in [0.1, 0.15) is 5.75 Å². The summed E-state index contributed by atoms with van der Waals surface area (Å²) in [6.07, 6.45) is 0. The average Bonchev–Trinajstić information content (AvgIpc) is 2.21. The number of benzene rings is 1. The van der Waals surface area contributed by atoms with E-state index in [-0.39, 0.29) is 4.90 Å². The second-order valence-corrected chi connectivity index (χ2v) is 5.20. The van der Waals surface area contributed by atoms with Gasteiger partial charge in [0.15, 0.2) is 0 Å². The van der Waals surface area contributed by atoms with Crippen LogP contribution in [0.25, 0.3) is 0 Å². The van der Waals surface area contributed by atoms with Crippen molar-refractivity contribution in [2.45, 2.75) is 18.7 Å². The molecule has 0 heterocycles. The second kappa shape index (κ2) is 5.52. The van der Waals surface area contributed by atoms with Crippen LogP contribution in [0, 0.1) is 0 Å². The Morgan fingerprint density at radius 1 is 1.38 bits per heavy atom. The van der Waals surface area contributed by atoms with Crippen LogP contribution in [0.2, 0.25) is 5.02 Å². The number of hydrogen-bond acceptors (Lipinski definition) is 3. The first kappa shape index (κ1) is 13.3. The predicted molar refractivity (Wildman–Crippen MR) is 63.5 cm³/mol. The van der Waals surface area contributed by atoms with E-state index in [0.29, 0.717) is 23.9 Å². The van der Waals surface area contributed by atoms with E-state index in [0.717, 1.165) is 0 Å². The Morgan fingerprint density at radius 2 is 2.06 bits per heavy atom. The number of sulfonamides is 1. The third-order valence-electron chi connectivity index (χ3n) is 1.85. The minimum absolute atomic E-state index is 0.155. The van der Waals surface area contributed by atoms with Crippen molar-refractivity contribution in [3.8, 4) is 5.75 Å². The summed E-state index contributed by atoms with van der Waals surface area (Å²) >= 11 is 5.86. The smallest absolute Gasteiger partial charge is 0.240 e. The molecule has 0 bridgehead atoms. The lowest BCUT2D eigenvalue weighted by molar-refractivity contribution is 0.339. The van der Waals surface area contributed by atoms with Gasteiger partial charge in [-0.25, -0.2) is 13.1 Å². The van der Waals surface area contributed by atoms with Crippen molar-refractivity contribution in [3.05, 3.63) is 23.2 Å². The fourth-order valence-corrected chi connectivity index (χ4v) is 2.42. The zero-order valence-corrected chi connectivity index (χ0v) is 10.7. The van der Waals surface area contributed by atoms with Gasteiger partial charge in [-0.2, -0.15) is 0 Å². The largest absolute Gasteiger partial charge is 0.492 e. The molecule has 0 aliphatic rings. The van der Waals surface area contributed by atoms with Crippen LogP contribution in [0.4, 0.5) is 0 Å². The molecule has 0 unspecified atom stereocenters. The summed E-state index contributed by atoms with van der Waals surface area (Å²) in [4.78, 5) is 0.155. The van der Waals surface area contributed by atoms with Gasteiger partial charge in [-0.3, -0.25) is 0 Å². The van der Waals surface area contributed by atoms with Gasteiger partial charge in [0.05, 0.1) is 16.5 Å². The van der Waals surface area contributed by atoms with Gasteiger partial charge in [-0.1, -0.05) is 18.5 Å². The maximum absolute atomic E-state index is 11.7. The standard InChI is InChI=1S/C10H14ClNO3S/c1-3-12-16(13,14)8-5-6-9(11)10(7-8)15-4-2/h5-7,12H,3-4H2,1-2H3. The van der Waals surface area contributed by atoms with Gasteiger partial charge in [-0.15, -0.1) is 0 Å². The lowest BCUT2D eigenvalue weighted by Crippen LogP contribution is -2.23. The van der Waals surface area contributed by atoms with Crippen LogP contribution in [0.3, 0.4) is 0 Å². The van der Waals surface area contributed by atoms with Crippen molar-refractivity contribution in [2.75, 3.05) is 13.2 Å². The summed E-state index contributed by atoms with van der Waals surface area (Å²) in [7, 11) is -3.46. The number of halogens is 1. The second-order valence-electron chi connectivity index (χ2n) is 3.03. The highest BCUT2D eigenvalue weighted by Gasteiger charge is 2.14. The van der Waals surface area contributed by atoms with E-state index in [4.69, 9.17) is 16.3 Å². The van der Waals surface area contributed by atoms with E-state index < -0.39 is 10.0 Å². The molecule has 0 spiro atoms. The number of nitrogens with one attached hydrogen (secondary N) is 1. The zero-order valence-electron chi connectivity index (χ0n) is 9.16. The molecule has 4 nitrogen and oxygen atoms in total. The van der Waals surface area contributed by atoms with E-state index in [1.54, 1.807) is 6.92 Å². The van der Waals surface area contributed by atoms with Crippen LogP contribution < -0.4 is 9.46 Å². The number of rotatable bonds is 5. The minimum Gasteiger partial charge on any atom is -0.492 e. The highest BCUT2D eigenvalue weighted by Crippen LogP contribution is 2.27. The molecule has 0 saturated heterocycles. The molecule has 16 heavy (non-hydrogen) atoms. The fourth-order valence-electron chi connectivity index (χ4n) is 1.19. The number of ether oxygens (including phenoxy) is 1. The molecule has 0 aliphatic heterocycles. The first-order valence-corrected chi connectivity index (χ1v) is 6.79. The van der Waals surface area contributed by atoms with Gasteiger partial charge >= 0.3 is 0 Å². The van der Waals surface area contributed by atoms with Crippen molar-refractivity contribution in [1.82, 2.24) is 4.72 Å². The monoisotopic (exact) mass is 263 g/mol. The van der Waals surface area contributed by atoms with E-state index in [1.165, 1.54) is 18.2 Å². The van der Waals surface area contributed by atoms with Crippen LogP contribution in [-0.2, 0) is 10.0 Å². The Morgan fingerprint density at radius 3 is 2.62 bits per heavy atom. The quantitative estimate of drug-likeness (QED) is 0.884. The van der Waals surface area contributed by atoms with Crippen molar-refractivity contribution in [1.29, 1.82) is 0 Å². The first-order valence-electron chi connectivity index (χ1n) is 4.93. The molecule has 1 aromatic carbocycles. The minimum atomic E-state index is -3.46. The Labute approximate surface area is 101 Å². The Hall–Kier alpha value is -0.780. The molecule has 0 saturated carbocycles. The lowest BCUT2D eigenvalue weighted by atomic mass is 10.3. The summed E-state index contributed by atoms with van der Waals surface area (Å²) in [5, 5.41) is 0.400. The SMILES string of the molecule is CCNS(=O)(=O)c1ccc(Cl)c(OCC)c1. The molecule has 0 fully saturated rings. The third-order valence-corrected chi connectivity index (χ3v) is 3.70. The molecular formula is C10H14ClNO3S. The van der Waals surface area contributed by atoms with Crippen LogP contribution in [0.1, 0.15) is 13.8 Å². The molecule has 1 N–H and O–H groups in total. The van der Waals surface area contributed by atoms with Crippen LogP contribution in [0.5, 0.6) is 5.75 Å². The molecule has 0 atom stereocenters. The van der Waals surface area contributed by atoms with Gasteiger partial charge in [0.25, 0.3) is 0 Å². The normalized spacial score (nSPS) is 11.4. The van der Waals surface area contributed by atoms with Crippen molar-refractivity contribution >= 4 is 21.6 Å². The average molecular weight is 264 g/mol. The van der Waals surface area contributed by atoms with Gasteiger partial charge in [0, 0.05) is 12.6 Å². The zero-order chi connectivity index (χ0) is 12.2. The lowest BCUT2D eigenvalue weighted by Gasteiger charge is -2.09. The van der Waals surface area contributed by atoms with Crippen LogP contribution in [-0.4, -0.2) is 21.6 Å². The van der Waals surface area contributed by atoms with Crippen LogP contribution in [0.15, 0.2) is 23.1 Å². The van der Waals surface area contributed by atoms with Gasteiger partial charge in [0.2, 0.25) is 10.0 Å². The molecule has 1 rings (SSSR count). The molecule has 0 aliphatic carbocycles. The van der Waals surface area contributed by atoms with E-state index in [1.807, 2.05) is 6.92 Å². The number of hydrogen-bond donors (Lipinski definition) is 1. The fraction of sp³-hybridized carbons (Fsp3) is 0.400. The molecule has 90 valence electrons. The summed E-state index contributed by atoms with van der Waals surface area (Å²) in [6.45, 7) is 4.30. The molecular weight excluding hydrogens is 250 g/mol. The molecule has 1 aromatic rings. The van der Waals surface area contributed by atoms with Crippen molar-refractivity contribution in [2.24, 2.45) is 0 Å². The third kappa shape index (κ3) is 3.10. The molecule has 0 radical (unpaired) electrons. The van der Waals surface area contributed by atoms with E-state index >= 15 is 0 Å². The van der Waals surface area contributed by atoms with Crippen molar-refractivity contribution < 1.29 is 13.2 Å².